The Hall–Kier alpha value is -1.06. The first kappa shape index (κ1) is 17.0. The van der Waals surface area contributed by atoms with Gasteiger partial charge in [0.1, 0.15) is 0 Å². The van der Waals surface area contributed by atoms with E-state index >= 15 is 0 Å². The molecule has 0 fully saturated rings. The minimum absolute atomic E-state index is 0.224. The highest BCUT2D eigenvalue weighted by Crippen LogP contribution is 2.13. The molecule has 0 bridgehead atoms. The molecule has 0 aliphatic carbocycles. The van der Waals surface area contributed by atoms with Gasteiger partial charge in [-0.2, -0.15) is 0 Å². The summed E-state index contributed by atoms with van der Waals surface area (Å²) >= 11 is 0. The number of hydrogen-bond donors (Lipinski definition) is 2. The maximum atomic E-state index is 6.11. The molecule has 3 nitrogen and oxygen atoms in total. The number of nitrogens with zero attached hydrogens (tertiary/aromatic N) is 1. The highest BCUT2D eigenvalue weighted by Gasteiger charge is 2.06. The normalized spacial score (nSPS) is 12.9. The summed E-state index contributed by atoms with van der Waals surface area (Å²) in [5, 5.41) is 3.46. The van der Waals surface area contributed by atoms with Crippen molar-refractivity contribution in [3.05, 3.63) is 29.8 Å². The van der Waals surface area contributed by atoms with Crippen molar-refractivity contribution >= 4 is 5.69 Å². The molecule has 0 radical (unpaired) electrons. The highest BCUT2D eigenvalue weighted by atomic mass is 15.1. The van der Waals surface area contributed by atoms with Gasteiger partial charge in [-0.05, 0) is 43.1 Å². The second kappa shape index (κ2) is 8.98. The molecule has 1 aromatic rings. The van der Waals surface area contributed by atoms with Crippen molar-refractivity contribution in [2.75, 3.05) is 25.0 Å². The Bertz CT molecular complexity index is 372. The smallest absolute Gasteiger partial charge is 0.0343 e. The SMILES string of the molecule is CCN(CC)Cc1cccc(NCC(N)CC(C)C)c1. The molecule has 0 saturated carbocycles. The lowest BCUT2D eigenvalue weighted by Gasteiger charge is -2.19. The predicted octanol–water partition coefficient (Wildman–Crippen LogP) is 3.31. The van der Waals surface area contributed by atoms with Gasteiger partial charge in [0.15, 0.2) is 0 Å². The molecule has 0 heterocycles. The number of rotatable bonds is 9. The van der Waals surface area contributed by atoms with Gasteiger partial charge < -0.3 is 11.1 Å². The van der Waals surface area contributed by atoms with Crippen LogP contribution in [0.3, 0.4) is 0 Å². The average Bonchev–Trinajstić information content (AvgIpc) is 2.42. The van der Waals surface area contributed by atoms with Gasteiger partial charge in [-0.15, -0.1) is 0 Å². The van der Waals surface area contributed by atoms with E-state index in [0.29, 0.717) is 5.92 Å². The molecule has 3 N–H and O–H groups in total. The zero-order valence-corrected chi connectivity index (χ0v) is 13.5. The van der Waals surface area contributed by atoms with E-state index in [4.69, 9.17) is 5.73 Å². The fourth-order valence-electron chi connectivity index (χ4n) is 2.42. The van der Waals surface area contributed by atoms with E-state index in [1.54, 1.807) is 0 Å². The Morgan fingerprint density at radius 2 is 1.90 bits per heavy atom. The van der Waals surface area contributed by atoms with Gasteiger partial charge in [0, 0.05) is 24.8 Å². The van der Waals surface area contributed by atoms with Crippen LogP contribution < -0.4 is 11.1 Å². The lowest BCUT2D eigenvalue weighted by Crippen LogP contribution is -2.30. The Balaban J connectivity index is 2.51. The van der Waals surface area contributed by atoms with E-state index in [-0.39, 0.29) is 6.04 Å². The van der Waals surface area contributed by atoms with Crippen LogP contribution in [0.1, 0.15) is 39.7 Å². The van der Waals surface area contributed by atoms with Crippen LogP contribution in [0.25, 0.3) is 0 Å². The highest BCUT2D eigenvalue weighted by molar-refractivity contribution is 5.45. The topological polar surface area (TPSA) is 41.3 Å². The third-order valence-corrected chi connectivity index (χ3v) is 3.57. The molecule has 0 aliphatic heterocycles. The van der Waals surface area contributed by atoms with Crippen LogP contribution in [0, 0.1) is 5.92 Å². The number of nitrogens with one attached hydrogen (secondary N) is 1. The molecule has 1 unspecified atom stereocenters. The lowest BCUT2D eigenvalue weighted by molar-refractivity contribution is 0.296. The molecule has 0 aliphatic rings. The van der Waals surface area contributed by atoms with Crippen molar-refractivity contribution in [3.8, 4) is 0 Å². The summed E-state index contributed by atoms with van der Waals surface area (Å²) in [5.41, 5.74) is 8.65. The monoisotopic (exact) mass is 277 g/mol. The molecular formula is C17H31N3. The first-order valence-corrected chi connectivity index (χ1v) is 7.85. The molecule has 0 aromatic heterocycles. The minimum Gasteiger partial charge on any atom is -0.383 e. The van der Waals surface area contributed by atoms with E-state index < -0.39 is 0 Å². The van der Waals surface area contributed by atoms with E-state index in [2.05, 4.69) is 62.2 Å². The van der Waals surface area contributed by atoms with Gasteiger partial charge in [0.25, 0.3) is 0 Å². The molecule has 1 rings (SSSR count). The Kier molecular flexibility index (Phi) is 7.63. The number of nitrogens with two attached hydrogens (primary N) is 1. The zero-order valence-electron chi connectivity index (χ0n) is 13.5. The van der Waals surface area contributed by atoms with Gasteiger partial charge in [0.05, 0.1) is 0 Å². The minimum atomic E-state index is 0.224. The summed E-state index contributed by atoms with van der Waals surface area (Å²) < 4.78 is 0. The largest absolute Gasteiger partial charge is 0.383 e. The zero-order chi connectivity index (χ0) is 15.0. The number of benzene rings is 1. The van der Waals surface area contributed by atoms with Crippen molar-refractivity contribution in [3.63, 3.8) is 0 Å². The van der Waals surface area contributed by atoms with Gasteiger partial charge >= 0.3 is 0 Å². The van der Waals surface area contributed by atoms with Crippen molar-refractivity contribution < 1.29 is 0 Å². The molecule has 0 saturated heterocycles. The summed E-state index contributed by atoms with van der Waals surface area (Å²) in [6, 6.07) is 8.89. The summed E-state index contributed by atoms with van der Waals surface area (Å²) in [7, 11) is 0. The van der Waals surface area contributed by atoms with Crippen LogP contribution in [0.5, 0.6) is 0 Å². The predicted molar refractivity (Wildman–Crippen MR) is 89.0 cm³/mol. The molecule has 0 amide bonds. The Labute approximate surface area is 124 Å². The molecule has 20 heavy (non-hydrogen) atoms. The van der Waals surface area contributed by atoms with E-state index in [0.717, 1.165) is 32.6 Å². The van der Waals surface area contributed by atoms with Crippen LogP contribution in [0.2, 0.25) is 0 Å². The van der Waals surface area contributed by atoms with Crippen LogP contribution in [0.15, 0.2) is 24.3 Å². The lowest BCUT2D eigenvalue weighted by atomic mass is 10.0. The summed E-state index contributed by atoms with van der Waals surface area (Å²) in [5.74, 6) is 0.654. The standard InChI is InChI=1S/C17H31N3/c1-5-20(6-2)13-15-8-7-9-17(11-15)19-12-16(18)10-14(3)4/h7-9,11,14,16,19H,5-6,10,12-13,18H2,1-4H3. The quantitative estimate of drug-likeness (QED) is 0.727. The molecular weight excluding hydrogens is 246 g/mol. The summed E-state index contributed by atoms with van der Waals surface area (Å²) in [6.07, 6.45) is 1.06. The first-order chi connectivity index (χ1) is 9.55. The molecule has 0 spiro atoms. The Morgan fingerprint density at radius 3 is 2.50 bits per heavy atom. The maximum Gasteiger partial charge on any atom is 0.0343 e. The summed E-state index contributed by atoms with van der Waals surface area (Å²) in [6.45, 7) is 12.9. The van der Waals surface area contributed by atoms with Crippen LogP contribution in [0.4, 0.5) is 5.69 Å². The maximum absolute atomic E-state index is 6.11. The summed E-state index contributed by atoms with van der Waals surface area (Å²) in [4.78, 5) is 2.42. The number of hydrogen-bond acceptors (Lipinski definition) is 3. The van der Waals surface area contributed by atoms with Crippen molar-refractivity contribution in [2.45, 2.75) is 46.7 Å². The fourth-order valence-corrected chi connectivity index (χ4v) is 2.42. The van der Waals surface area contributed by atoms with Gasteiger partial charge in [-0.25, -0.2) is 0 Å². The van der Waals surface area contributed by atoms with E-state index in [9.17, 15) is 0 Å². The molecule has 1 aromatic carbocycles. The van der Waals surface area contributed by atoms with E-state index in [1.165, 1.54) is 11.3 Å². The third-order valence-electron chi connectivity index (χ3n) is 3.57. The number of anilines is 1. The first-order valence-electron chi connectivity index (χ1n) is 7.85. The van der Waals surface area contributed by atoms with Crippen LogP contribution >= 0.6 is 0 Å². The second-order valence-corrected chi connectivity index (χ2v) is 5.93. The van der Waals surface area contributed by atoms with Crippen molar-refractivity contribution in [1.29, 1.82) is 0 Å². The van der Waals surface area contributed by atoms with Gasteiger partial charge in [-0.1, -0.05) is 39.8 Å². The van der Waals surface area contributed by atoms with Gasteiger partial charge in [0.2, 0.25) is 0 Å². The Morgan fingerprint density at radius 1 is 1.20 bits per heavy atom. The average molecular weight is 277 g/mol. The second-order valence-electron chi connectivity index (χ2n) is 5.93. The van der Waals surface area contributed by atoms with Crippen LogP contribution in [-0.2, 0) is 6.54 Å². The van der Waals surface area contributed by atoms with Crippen LogP contribution in [-0.4, -0.2) is 30.6 Å². The van der Waals surface area contributed by atoms with E-state index in [1.807, 2.05) is 0 Å². The molecule has 3 heteroatoms. The van der Waals surface area contributed by atoms with Crippen molar-refractivity contribution in [1.82, 2.24) is 4.90 Å². The molecule has 1 atom stereocenters. The van der Waals surface area contributed by atoms with Crippen molar-refractivity contribution in [2.24, 2.45) is 11.7 Å². The fraction of sp³-hybridized carbons (Fsp3) is 0.647. The van der Waals surface area contributed by atoms with Gasteiger partial charge in [-0.3, -0.25) is 4.90 Å². The third kappa shape index (κ3) is 6.40. The molecule has 114 valence electrons.